The fraction of sp³-hybridized carbons (Fsp3) is 0.125. The Kier molecular flexibility index (Phi) is 23.9. The van der Waals surface area contributed by atoms with Gasteiger partial charge in [-0.2, -0.15) is 0 Å². The van der Waals surface area contributed by atoms with E-state index in [0.29, 0.717) is 0 Å². The Bertz CT molecular complexity index is 6410. The Balaban J connectivity index is 0.744. The highest BCUT2D eigenvalue weighted by Gasteiger charge is 2.34. The lowest BCUT2D eigenvalue weighted by molar-refractivity contribution is -0.127. The van der Waals surface area contributed by atoms with Crippen molar-refractivity contribution in [2.75, 3.05) is 47.9 Å². The first-order valence-electron chi connectivity index (χ1n) is 34.7. The highest BCUT2D eigenvalue weighted by Crippen LogP contribution is 2.45. The molecule has 0 unspecified atom stereocenters. The van der Waals surface area contributed by atoms with Gasteiger partial charge >= 0.3 is 45.6 Å². The third-order valence-electron chi connectivity index (χ3n) is 18.8. The molecule has 6 heterocycles. The van der Waals surface area contributed by atoms with Gasteiger partial charge in [-0.1, -0.05) is 36.4 Å². The van der Waals surface area contributed by atoms with Crippen molar-refractivity contribution < 1.29 is 129 Å². The van der Waals surface area contributed by atoms with E-state index >= 15 is 0 Å². The topological polar surface area (TPSA) is 637 Å². The molecule has 0 aliphatic heterocycles. The minimum absolute atomic E-state index is 0.00593. The Morgan fingerprint density at radius 1 is 0.258 bits per heavy atom. The Morgan fingerprint density at radius 2 is 0.458 bits per heavy atom. The first-order valence-corrected chi connectivity index (χ1v) is 44.4. The molecule has 6 aromatic carbocycles. The Hall–Kier alpha value is -12.1. The third kappa shape index (κ3) is 19.3. The van der Waals surface area contributed by atoms with E-state index in [1.807, 2.05) is 0 Å². The molecule has 21 N–H and O–H groups in total. The van der Waals surface area contributed by atoms with Gasteiger partial charge in [0.15, 0.2) is 0 Å². The smallest absolute Gasteiger partial charge is 0.344 e. The summed E-state index contributed by atoms with van der Waals surface area (Å²) in [6.07, 6.45) is 6.45. The normalized spacial score (nSPS) is 12.2. The van der Waals surface area contributed by atoms with Crippen LogP contribution in [0.1, 0.15) is 75.8 Å². The fourth-order valence-corrected chi connectivity index (χ4v) is 18.2. The molecule has 9 amide bonds. The molecular formula is C72H71N15O27P6. The predicted molar refractivity (Wildman–Crippen MR) is 441 cm³/mol. The van der Waals surface area contributed by atoms with Crippen LogP contribution < -0.4 is 79.7 Å². The number of carbonyl (C=O) groups is 9. The Labute approximate surface area is 675 Å². The summed E-state index contributed by atoms with van der Waals surface area (Å²) in [6.45, 7) is 0. The summed E-state index contributed by atoms with van der Waals surface area (Å²) in [6, 6.07) is 24.2. The van der Waals surface area contributed by atoms with Crippen LogP contribution >= 0.6 is 45.6 Å². The number of benzene rings is 6. The molecule has 0 atom stereocenters. The van der Waals surface area contributed by atoms with Crippen LogP contribution in [0.3, 0.4) is 0 Å². The summed E-state index contributed by atoms with van der Waals surface area (Å²) in [7, 11) is -21.9. The molecule has 0 aliphatic carbocycles. The van der Waals surface area contributed by atoms with Gasteiger partial charge in [0.05, 0.1) is 71.9 Å². The second-order valence-corrected chi connectivity index (χ2v) is 37.1. The number of aromatic nitrogens is 6. The fourth-order valence-electron chi connectivity index (χ4n) is 13.4. The number of carbonyl (C=O) groups excluding carboxylic acids is 9. The highest BCUT2D eigenvalue weighted by atomic mass is 31.2. The molecule has 0 bridgehead atoms. The standard InChI is InChI=1S/C72H71N15O27P6/c1-82-30-40(21-52(82)70(94)79-43-24-54(85(4)33-43)67(91)75-37-18-49-46(61(27-37)118(106,107)108)10-7-13-58(49)115(97,98)99)73-64(88)16-36(66(90)78-42-23-57(84(3)32-42)72(96)81-45-26-56(87(6)35-45)69(93)77-39-20-51-48(63(29-39)120(112,113)114)12-9-15-60(51)117(103,104)105)17-65(89)74-41-22-53(83(2)31-41)71(95)80-44-25-55(86(5)34-44)68(92)76-38-19-50-47(62(28-38)119(109,110)111)11-8-14-59(50)116(100,101)102/h7-15,18-36H,16-17H2,1-6H3,(H,73,88)(H,74,89)(H,75,91)(H,76,92)(H,77,93)(H,78,90)(H,79,94)(H,80,95)(H,81,96)(H2,97,98,99)(H2,100,101,102)(H2,103,104,105)(H2,106,107,108)(H2,109,110,111)(H2,112,113,114). The second kappa shape index (κ2) is 32.9. The van der Waals surface area contributed by atoms with E-state index in [1.165, 1.54) is 180 Å². The molecule has 42 nitrogen and oxygen atoms in total. The largest absolute Gasteiger partial charge is 0.356 e. The van der Waals surface area contributed by atoms with Gasteiger partial charge < -0.3 is 134 Å². The molecule has 626 valence electrons. The minimum atomic E-state index is -5.13. The first kappa shape index (κ1) is 87.2. The molecule has 0 fully saturated rings. The molecule has 48 heteroatoms. The van der Waals surface area contributed by atoms with Crippen molar-refractivity contribution in [1.82, 2.24) is 27.4 Å². The molecule has 0 aliphatic rings. The zero-order chi connectivity index (χ0) is 87.7. The van der Waals surface area contributed by atoms with E-state index in [-0.39, 0.29) is 118 Å². The van der Waals surface area contributed by atoms with Crippen LogP contribution in [0.5, 0.6) is 0 Å². The SMILES string of the molecule is Cn1cc(NC(=O)CC(CC(=O)Nc2cc(C(=O)Nc3cc(C(=O)Nc4cc(P(=O)(O)O)c5cccc(P(=O)(O)O)c5c4)n(C)c3)n(C)c2)C(=O)Nc2cc(C(=O)Nc3cc(C(=O)Nc4cc(P(=O)(O)O)c5cccc(P(=O)(O)O)c5c4)n(C)c3)n(C)c2)cc1C(=O)Nc1cc(C(=O)Nc2cc(P(=O)(O)O)c3cccc(P(=O)(O)O)c3c2)n(C)c1. The van der Waals surface area contributed by atoms with Crippen LogP contribution in [0.25, 0.3) is 32.3 Å². The molecule has 120 heavy (non-hydrogen) atoms. The molecule has 12 aromatic rings. The van der Waals surface area contributed by atoms with Crippen molar-refractivity contribution in [2.24, 2.45) is 48.2 Å². The lowest BCUT2D eigenvalue weighted by atomic mass is 9.99. The molecular weight excluding hydrogens is 1690 g/mol. The monoisotopic (exact) mass is 1760 g/mol. The van der Waals surface area contributed by atoms with Gasteiger partial charge in [0.25, 0.3) is 35.4 Å². The summed E-state index contributed by atoms with van der Waals surface area (Å²) < 4.78 is 82.9. The van der Waals surface area contributed by atoms with Gasteiger partial charge in [-0.25, -0.2) is 0 Å². The van der Waals surface area contributed by atoms with Crippen LogP contribution in [0, 0.1) is 5.92 Å². The molecule has 6 aromatic heterocycles. The summed E-state index contributed by atoms with van der Waals surface area (Å²) in [5.74, 6) is -9.39. The number of anilines is 9. The Morgan fingerprint density at radius 3 is 0.675 bits per heavy atom. The van der Waals surface area contributed by atoms with Crippen LogP contribution in [0.2, 0.25) is 0 Å². The van der Waals surface area contributed by atoms with E-state index in [0.717, 1.165) is 54.6 Å². The summed E-state index contributed by atoms with van der Waals surface area (Å²) in [4.78, 5) is 248. The van der Waals surface area contributed by atoms with E-state index < -0.39 is 149 Å². The van der Waals surface area contributed by atoms with Crippen LogP contribution in [-0.4, -0.2) is 139 Å². The quantitative estimate of drug-likeness (QED) is 0.0339. The van der Waals surface area contributed by atoms with Crippen molar-refractivity contribution in [3.05, 3.63) is 199 Å². The maximum atomic E-state index is 14.6. The lowest BCUT2D eigenvalue weighted by Gasteiger charge is -2.16. The number of fused-ring (bicyclic) bond motifs is 3. The number of nitrogens with zero attached hydrogens (tertiary/aromatic N) is 6. The van der Waals surface area contributed by atoms with Crippen molar-refractivity contribution in [1.29, 1.82) is 0 Å². The average molecular weight is 1760 g/mol. The van der Waals surface area contributed by atoms with E-state index in [2.05, 4.69) is 47.9 Å². The maximum Gasteiger partial charge on any atom is 0.356 e. The maximum absolute atomic E-state index is 14.6. The molecule has 0 saturated heterocycles. The van der Waals surface area contributed by atoms with Crippen LogP contribution in [0.15, 0.2) is 165 Å². The van der Waals surface area contributed by atoms with Gasteiger partial charge in [0.2, 0.25) is 17.7 Å². The van der Waals surface area contributed by atoms with Crippen molar-refractivity contribution in [2.45, 2.75) is 12.8 Å². The molecule has 0 radical (unpaired) electrons. The van der Waals surface area contributed by atoms with Crippen LogP contribution in [0.4, 0.5) is 51.2 Å². The predicted octanol–water partition coefficient (Wildman–Crippen LogP) is 4.12. The molecule has 0 spiro atoms. The highest BCUT2D eigenvalue weighted by molar-refractivity contribution is 7.63. The van der Waals surface area contributed by atoms with Gasteiger partial charge in [0.1, 0.15) is 34.2 Å². The summed E-state index contributed by atoms with van der Waals surface area (Å²) in [5, 5.41) is 18.2. The van der Waals surface area contributed by atoms with Gasteiger partial charge in [0, 0.05) is 126 Å². The lowest BCUT2D eigenvalue weighted by Crippen LogP contribution is -2.30. The van der Waals surface area contributed by atoms with Crippen molar-refractivity contribution >= 4 is 214 Å². The van der Waals surface area contributed by atoms with Gasteiger partial charge in [-0.15, -0.1) is 0 Å². The van der Waals surface area contributed by atoms with E-state index in [4.69, 9.17) is 0 Å². The zero-order valence-electron chi connectivity index (χ0n) is 62.9. The number of hydrogen-bond donors (Lipinski definition) is 21. The molecule has 12 rings (SSSR count). The van der Waals surface area contributed by atoms with Crippen molar-refractivity contribution in [3.8, 4) is 0 Å². The number of rotatable bonds is 26. The van der Waals surface area contributed by atoms with Crippen LogP contribution in [-0.2, 0) is 84.1 Å². The first-order chi connectivity index (χ1) is 55.9. The average Bonchev–Trinajstić information content (AvgIpc) is 0.981. The number of hydrogen-bond acceptors (Lipinski definition) is 15. The third-order valence-corrected chi connectivity index (χ3v) is 24.8. The second-order valence-electron chi connectivity index (χ2n) is 27.6. The summed E-state index contributed by atoms with van der Waals surface area (Å²) >= 11 is 0. The van der Waals surface area contributed by atoms with Crippen molar-refractivity contribution in [3.63, 3.8) is 0 Å². The minimum Gasteiger partial charge on any atom is -0.344 e. The zero-order valence-corrected chi connectivity index (χ0v) is 68.3. The molecule has 0 saturated carbocycles. The van der Waals surface area contributed by atoms with E-state index in [9.17, 15) is 129 Å². The number of amides is 9. The number of nitrogens with one attached hydrogen (secondary N) is 9. The van der Waals surface area contributed by atoms with Gasteiger partial charge in [-0.05, 0) is 107 Å². The van der Waals surface area contributed by atoms with Gasteiger partial charge in [-0.3, -0.25) is 70.5 Å². The summed E-state index contributed by atoms with van der Waals surface area (Å²) in [5.41, 5.74) is -1.38. The van der Waals surface area contributed by atoms with E-state index in [1.54, 1.807) is 0 Å². The number of aryl methyl sites for hydroxylation is 6.